The molecule has 0 N–H and O–H groups in total. The van der Waals surface area contributed by atoms with Crippen LogP contribution in [0.5, 0.6) is 0 Å². The quantitative estimate of drug-likeness (QED) is 0.407. The summed E-state index contributed by atoms with van der Waals surface area (Å²) in [4.78, 5) is 48.2. The average molecular weight is 438 g/mol. The Bertz CT molecular complexity index is 1230. The lowest BCUT2D eigenvalue weighted by Crippen LogP contribution is -2.73. The molecule has 0 unspecified atom stereocenters. The molecular formula is C27H18O6. The fourth-order valence-electron chi connectivity index (χ4n) is 5.38. The first-order valence-corrected chi connectivity index (χ1v) is 10.4. The molecule has 4 bridgehead atoms. The van der Waals surface area contributed by atoms with Crippen LogP contribution in [0.1, 0.15) is 38.3 Å². The Morgan fingerprint density at radius 2 is 1.09 bits per heavy atom. The van der Waals surface area contributed by atoms with Gasteiger partial charge in [-0.25, -0.2) is 9.59 Å². The van der Waals surface area contributed by atoms with E-state index in [1.165, 1.54) is 14.2 Å². The molecule has 5 saturated carbocycles. The molecule has 0 aromatic heterocycles. The van der Waals surface area contributed by atoms with Crippen LogP contribution in [0.3, 0.4) is 0 Å². The number of benzene rings is 2. The predicted molar refractivity (Wildman–Crippen MR) is 116 cm³/mol. The highest BCUT2D eigenvalue weighted by Gasteiger charge is 2.91. The van der Waals surface area contributed by atoms with E-state index in [2.05, 4.69) is 33.2 Å². The second-order valence-electron chi connectivity index (χ2n) is 8.49. The first-order valence-electron chi connectivity index (χ1n) is 10.4. The number of fused-ring (bicyclic) bond motifs is 1. The highest BCUT2D eigenvalue weighted by atomic mass is 16.5. The van der Waals surface area contributed by atoms with Crippen LogP contribution in [0, 0.1) is 46.3 Å². The van der Waals surface area contributed by atoms with Gasteiger partial charge in [0.2, 0.25) is 11.6 Å². The number of ketones is 2. The van der Waals surface area contributed by atoms with E-state index >= 15 is 0 Å². The zero-order chi connectivity index (χ0) is 23.4. The number of rotatable bonds is 2. The number of methoxy groups -OCH3 is 2. The Morgan fingerprint density at radius 1 is 0.727 bits per heavy atom. The second kappa shape index (κ2) is 7.18. The second-order valence-corrected chi connectivity index (χ2v) is 8.49. The summed E-state index contributed by atoms with van der Waals surface area (Å²) in [6.45, 7) is 0. The van der Waals surface area contributed by atoms with Gasteiger partial charge in [-0.05, 0) is 55.0 Å². The summed E-state index contributed by atoms with van der Waals surface area (Å²) < 4.78 is 9.37. The van der Waals surface area contributed by atoms with E-state index in [1.54, 1.807) is 48.5 Å². The minimum Gasteiger partial charge on any atom is -0.465 e. The molecule has 33 heavy (non-hydrogen) atoms. The molecule has 162 valence electrons. The molecule has 2 aromatic rings. The summed E-state index contributed by atoms with van der Waals surface area (Å²) in [5, 5.41) is 0. The van der Waals surface area contributed by atoms with E-state index in [0.29, 0.717) is 28.7 Å². The molecule has 2 aromatic carbocycles. The number of ether oxygens (including phenoxy) is 2. The molecule has 0 amide bonds. The minimum absolute atomic E-state index is 0.378. The fraction of sp³-hybridized carbons (Fsp3) is 0.259. The predicted octanol–water partition coefficient (Wildman–Crippen LogP) is 2.44. The number of hydrogen-bond donors (Lipinski definition) is 0. The third-order valence-electron chi connectivity index (χ3n) is 6.90. The van der Waals surface area contributed by atoms with Crippen LogP contribution in [0.2, 0.25) is 0 Å². The molecule has 0 atom stereocenters. The summed E-state index contributed by atoms with van der Waals surface area (Å²) >= 11 is 0. The highest BCUT2D eigenvalue weighted by molar-refractivity contribution is 6.45. The number of carbonyl (C=O) groups is 4. The number of hydrogen-bond acceptors (Lipinski definition) is 6. The lowest BCUT2D eigenvalue weighted by Gasteiger charge is -2.70. The highest BCUT2D eigenvalue weighted by Crippen LogP contribution is 2.84. The lowest BCUT2D eigenvalue weighted by atomic mass is 9.27. The van der Waals surface area contributed by atoms with E-state index in [1.807, 2.05) is 0 Å². The zero-order valence-corrected chi connectivity index (χ0v) is 17.9. The normalized spacial score (nSPS) is 27.7. The standard InChI is InChI=1S/C27H18O6/c1-32-24(30)18-7-3-16(4-8-18)11-13-26-15-27(22(26)20(28)21(29)23(26)27)14-12-17-5-9-19(10-6-17)25(31)33-2/h3-10,22-23H,15H2,1-2H3. The van der Waals surface area contributed by atoms with E-state index in [0.717, 1.165) is 0 Å². The van der Waals surface area contributed by atoms with E-state index in [4.69, 9.17) is 0 Å². The summed E-state index contributed by atoms with van der Waals surface area (Å²) in [5.41, 5.74) is 0.952. The molecule has 5 aliphatic rings. The van der Waals surface area contributed by atoms with Crippen LogP contribution in [-0.2, 0) is 19.1 Å². The molecule has 6 nitrogen and oxygen atoms in total. The number of carbonyl (C=O) groups excluding carboxylic acids is 4. The van der Waals surface area contributed by atoms with Gasteiger partial charge in [0.05, 0.1) is 48.0 Å². The van der Waals surface area contributed by atoms with Crippen molar-refractivity contribution in [1.82, 2.24) is 0 Å². The first-order chi connectivity index (χ1) is 15.9. The Kier molecular flexibility index (Phi) is 4.51. The molecular weight excluding hydrogens is 420 g/mol. The van der Waals surface area contributed by atoms with Crippen molar-refractivity contribution in [2.24, 2.45) is 22.7 Å². The maximum Gasteiger partial charge on any atom is 0.337 e. The third-order valence-corrected chi connectivity index (χ3v) is 6.90. The summed E-state index contributed by atoms with van der Waals surface area (Å²) in [7, 11) is 2.64. The third kappa shape index (κ3) is 2.78. The monoisotopic (exact) mass is 438 g/mol. The van der Waals surface area contributed by atoms with Gasteiger partial charge in [-0.3, -0.25) is 9.59 Å². The lowest BCUT2D eigenvalue weighted by molar-refractivity contribution is -0.217. The zero-order valence-electron chi connectivity index (χ0n) is 17.9. The van der Waals surface area contributed by atoms with Crippen molar-refractivity contribution in [3.63, 3.8) is 0 Å². The Labute approximate surface area is 190 Å². The topological polar surface area (TPSA) is 86.7 Å². The van der Waals surface area contributed by atoms with Crippen LogP contribution in [0.25, 0.3) is 0 Å². The largest absolute Gasteiger partial charge is 0.465 e. The molecule has 0 heterocycles. The van der Waals surface area contributed by atoms with Gasteiger partial charge in [0.1, 0.15) is 0 Å². The molecule has 5 aliphatic carbocycles. The van der Waals surface area contributed by atoms with Crippen LogP contribution >= 0.6 is 0 Å². The van der Waals surface area contributed by atoms with Gasteiger partial charge >= 0.3 is 11.9 Å². The van der Waals surface area contributed by atoms with Gasteiger partial charge in [0, 0.05) is 11.1 Å². The summed E-state index contributed by atoms with van der Waals surface area (Å²) in [6, 6.07) is 13.4. The van der Waals surface area contributed by atoms with Gasteiger partial charge in [-0.15, -0.1) is 0 Å². The molecule has 6 heteroatoms. The van der Waals surface area contributed by atoms with Crippen LogP contribution in [0.4, 0.5) is 0 Å². The van der Waals surface area contributed by atoms with Crippen molar-refractivity contribution in [3.8, 4) is 23.7 Å². The van der Waals surface area contributed by atoms with E-state index in [-0.39, 0.29) is 11.6 Å². The summed E-state index contributed by atoms with van der Waals surface area (Å²) in [6.07, 6.45) is 0.577. The van der Waals surface area contributed by atoms with Crippen molar-refractivity contribution in [2.45, 2.75) is 6.42 Å². The van der Waals surface area contributed by atoms with Crippen LogP contribution < -0.4 is 0 Å². The molecule has 0 spiro atoms. The van der Waals surface area contributed by atoms with Gasteiger partial charge in [0.25, 0.3) is 0 Å². The number of esters is 2. The van der Waals surface area contributed by atoms with Crippen LogP contribution in [0.15, 0.2) is 48.5 Å². The van der Waals surface area contributed by atoms with Crippen LogP contribution in [-0.4, -0.2) is 37.7 Å². The Morgan fingerprint density at radius 3 is 1.42 bits per heavy atom. The van der Waals surface area contributed by atoms with Crippen molar-refractivity contribution >= 4 is 23.5 Å². The summed E-state index contributed by atoms with van der Waals surface area (Å²) in [5.74, 6) is 9.90. The van der Waals surface area contributed by atoms with Gasteiger partial charge in [0.15, 0.2) is 0 Å². The maximum atomic E-state index is 12.5. The van der Waals surface area contributed by atoms with Crippen molar-refractivity contribution in [2.75, 3.05) is 14.2 Å². The Hall–Kier alpha value is -4.16. The van der Waals surface area contributed by atoms with Crippen molar-refractivity contribution in [3.05, 3.63) is 70.8 Å². The fourth-order valence-corrected chi connectivity index (χ4v) is 5.38. The average Bonchev–Trinajstić information content (AvgIpc) is 3.13. The molecule has 0 saturated heterocycles. The molecule has 7 rings (SSSR count). The molecule has 5 fully saturated rings. The Balaban J connectivity index is 1.37. The molecule has 0 aliphatic heterocycles. The van der Waals surface area contributed by atoms with Crippen molar-refractivity contribution < 1.29 is 28.7 Å². The van der Waals surface area contributed by atoms with Gasteiger partial charge in [-0.1, -0.05) is 23.7 Å². The number of Topliss-reactive ketones (excluding diaryl/α,β-unsaturated/α-hetero) is 2. The van der Waals surface area contributed by atoms with Gasteiger partial charge < -0.3 is 9.47 Å². The van der Waals surface area contributed by atoms with E-state index in [9.17, 15) is 19.2 Å². The van der Waals surface area contributed by atoms with Gasteiger partial charge in [-0.2, -0.15) is 0 Å². The minimum atomic E-state index is -0.640. The SMILES string of the molecule is COC(=O)c1ccc(C#CC23CC4(C#Cc5ccc(C(=O)OC)cc5)C2C(=O)C(=O)C34)cc1. The smallest absolute Gasteiger partial charge is 0.337 e. The molecule has 0 radical (unpaired) electrons. The van der Waals surface area contributed by atoms with E-state index < -0.39 is 34.6 Å². The van der Waals surface area contributed by atoms with Crippen molar-refractivity contribution in [1.29, 1.82) is 0 Å². The first kappa shape index (κ1) is 20.7. The maximum absolute atomic E-state index is 12.5.